The van der Waals surface area contributed by atoms with E-state index in [1.165, 1.54) is 6.20 Å². The van der Waals surface area contributed by atoms with Crippen molar-refractivity contribution in [1.82, 2.24) is 9.88 Å². The number of aliphatic hydroxyl groups is 3. The van der Waals surface area contributed by atoms with Gasteiger partial charge in [-0.05, 0) is 38.4 Å². The van der Waals surface area contributed by atoms with Crippen LogP contribution in [0.25, 0.3) is 0 Å². The molecule has 0 radical (unpaired) electrons. The van der Waals surface area contributed by atoms with E-state index < -0.39 is 23.9 Å². The lowest BCUT2D eigenvalue weighted by Crippen LogP contribution is -2.51. The molecule has 148 valence electrons. The molecule has 0 saturated carbocycles. The molecule has 3 N–H and O–H groups in total. The minimum atomic E-state index is -4.28. The third-order valence-corrected chi connectivity index (χ3v) is 4.77. The predicted molar refractivity (Wildman–Crippen MR) is 90.8 cm³/mol. The fourth-order valence-electron chi connectivity index (χ4n) is 3.11. The highest BCUT2D eigenvalue weighted by Crippen LogP contribution is 2.31. The van der Waals surface area contributed by atoms with Gasteiger partial charge in [-0.1, -0.05) is 0 Å². The molecular formula is C17H26F3N3O3. The lowest BCUT2D eigenvalue weighted by Gasteiger charge is -2.37. The van der Waals surface area contributed by atoms with Crippen molar-refractivity contribution in [3.05, 3.63) is 23.9 Å². The number of hydrogen-bond donors (Lipinski definition) is 3. The van der Waals surface area contributed by atoms with Crippen molar-refractivity contribution in [3.63, 3.8) is 0 Å². The molecule has 0 aromatic carbocycles. The van der Waals surface area contributed by atoms with Crippen molar-refractivity contribution in [2.24, 2.45) is 0 Å². The summed E-state index contributed by atoms with van der Waals surface area (Å²) < 4.78 is 37.2. The fourth-order valence-corrected chi connectivity index (χ4v) is 3.11. The second kappa shape index (κ2) is 8.98. The number of pyridine rings is 1. The number of piperidine rings is 1. The van der Waals surface area contributed by atoms with E-state index in [0.717, 1.165) is 38.1 Å². The summed E-state index contributed by atoms with van der Waals surface area (Å²) in [5.74, 6) is 0.433. The highest BCUT2D eigenvalue weighted by molar-refractivity contribution is 5.42. The van der Waals surface area contributed by atoms with Crippen LogP contribution in [0.3, 0.4) is 0 Å². The van der Waals surface area contributed by atoms with E-state index in [9.17, 15) is 23.4 Å². The molecule has 6 nitrogen and oxygen atoms in total. The van der Waals surface area contributed by atoms with Crippen LogP contribution in [0.15, 0.2) is 18.3 Å². The van der Waals surface area contributed by atoms with E-state index in [4.69, 9.17) is 5.11 Å². The zero-order valence-electron chi connectivity index (χ0n) is 14.7. The monoisotopic (exact) mass is 377 g/mol. The number of aromatic nitrogens is 1. The average Bonchev–Trinajstić information content (AvgIpc) is 3.13. The van der Waals surface area contributed by atoms with Crippen LogP contribution in [-0.2, 0) is 6.18 Å². The fraction of sp³-hybridized carbons (Fsp3) is 0.706. The van der Waals surface area contributed by atoms with Crippen LogP contribution in [0.2, 0.25) is 0 Å². The first kappa shape index (κ1) is 20.9. The van der Waals surface area contributed by atoms with Crippen molar-refractivity contribution in [3.8, 4) is 0 Å². The molecule has 0 aliphatic carbocycles. The Morgan fingerprint density at radius 3 is 2.42 bits per heavy atom. The second-order valence-corrected chi connectivity index (χ2v) is 6.74. The molecule has 3 atom stereocenters. The number of β-amino-alcohol motifs (C(OH)–C–C–N with tert-alkyl or cyclic N) is 1. The number of anilines is 1. The van der Waals surface area contributed by atoms with Crippen LogP contribution in [0, 0.1) is 0 Å². The summed E-state index contributed by atoms with van der Waals surface area (Å²) in [6.45, 7) is 2.08. The van der Waals surface area contributed by atoms with E-state index in [-0.39, 0.29) is 12.6 Å². The summed E-state index contributed by atoms with van der Waals surface area (Å²) in [6.07, 6.45) is -1.90. The second-order valence-electron chi connectivity index (χ2n) is 6.74. The zero-order valence-corrected chi connectivity index (χ0v) is 14.7. The molecule has 2 aliphatic rings. The molecule has 1 aromatic heterocycles. The van der Waals surface area contributed by atoms with Gasteiger partial charge in [0.05, 0.1) is 24.4 Å². The first-order valence-electron chi connectivity index (χ1n) is 8.67. The Morgan fingerprint density at radius 2 is 1.85 bits per heavy atom. The zero-order chi connectivity index (χ0) is 19.3. The highest BCUT2D eigenvalue weighted by atomic mass is 19.4. The van der Waals surface area contributed by atoms with Gasteiger partial charge in [-0.2, -0.15) is 13.2 Å². The van der Waals surface area contributed by atoms with Gasteiger partial charge in [-0.15, -0.1) is 0 Å². The number of halogens is 3. The van der Waals surface area contributed by atoms with Crippen molar-refractivity contribution in [2.75, 3.05) is 38.2 Å². The number of likely N-dealkylation sites (tertiary alicyclic amines) is 1. The van der Waals surface area contributed by atoms with Crippen LogP contribution in [-0.4, -0.2) is 76.7 Å². The van der Waals surface area contributed by atoms with Gasteiger partial charge in [0, 0.05) is 31.9 Å². The molecule has 2 saturated heterocycles. The first-order valence-corrected chi connectivity index (χ1v) is 8.67. The first-order chi connectivity index (χ1) is 12.2. The Bertz CT molecular complexity index is 568. The molecule has 3 rings (SSSR count). The van der Waals surface area contributed by atoms with Gasteiger partial charge >= 0.3 is 6.18 Å². The molecular weight excluding hydrogens is 351 g/mol. The molecule has 2 fully saturated rings. The van der Waals surface area contributed by atoms with Gasteiger partial charge in [-0.3, -0.25) is 4.90 Å². The molecule has 0 amide bonds. The third-order valence-electron chi connectivity index (χ3n) is 4.77. The number of alkyl halides is 3. The lowest BCUT2D eigenvalue weighted by molar-refractivity contribution is -0.137. The standard InChI is InChI=1S/C10H11F3N2.C7H15NO3/c11-10(12,13)8-3-4-14-9(7-8)15-5-1-2-6-15;1-8-3-7(11)6(10)2-5(8)4-9/h3-4,7H,1-2,5-6H2;5-7,9-11H,2-4H2,1H3/t;5-,6?,7+/m.1/s1. The van der Waals surface area contributed by atoms with Crippen molar-refractivity contribution in [1.29, 1.82) is 0 Å². The molecule has 2 aliphatic heterocycles. The minimum absolute atomic E-state index is 0.00611. The maximum absolute atomic E-state index is 12.4. The number of hydrogen-bond acceptors (Lipinski definition) is 6. The summed E-state index contributed by atoms with van der Waals surface area (Å²) in [5, 5.41) is 27.2. The van der Waals surface area contributed by atoms with Crippen molar-refractivity contribution >= 4 is 5.82 Å². The Hall–Kier alpha value is -1.42. The SMILES string of the molecule is CN1C[C@H](O)C(O)C[C@@H]1CO.FC(F)(F)c1ccnc(N2CCCC2)c1. The van der Waals surface area contributed by atoms with Crippen LogP contribution in [0.4, 0.5) is 19.0 Å². The predicted octanol–water partition coefficient (Wildman–Crippen LogP) is 1.11. The number of likely N-dealkylation sites (N-methyl/N-ethyl adjacent to an activating group) is 1. The molecule has 1 aromatic rings. The van der Waals surface area contributed by atoms with E-state index in [1.807, 2.05) is 16.8 Å². The summed E-state index contributed by atoms with van der Waals surface area (Å²) in [5.41, 5.74) is -0.626. The van der Waals surface area contributed by atoms with Crippen molar-refractivity contribution < 1.29 is 28.5 Å². The van der Waals surface area contributed by atoms with Crippen LogP contribution in [0.1, 0.15) is 24.8 Å². The van der Waals surface area contributed by atoms with Crippen LogP contribution in [0.5, 0.6) is 0 Å². The van der Waals surface area contributed by atoms with Crippen molar-refractivity contribution in [2.45, 2.75) is 43.7 Å². The number of nitrogens with zero attached hydrogens (tertiary/aromatic N) is 3. The quantitative estimate of drug-likeness (QED) is 0.717. The summed E-state index contributed by atoms with van der Waals surface area (Å²) in [7, 11) is 1.83. The van der Waals surface area contributed by atoms with Gasteiger partial charge in [0.1, 0.15) is 5.82 Å². The molecule has 3 heterocycles. The van der Waals surface area contributed by atoms with Gasteiger partial charge in [0.25, 0.3) is 0 Å². The molecule has 9 heteroatoms. The topological polar surface area (TPSA) is 80.1 Å². The summed E-state index contributed by atoms with van der Waals surface area (Å²) in [6, 6.07) is 2.11. The Kier molecular flexibility index (Phi) is 7.22. The van der Waals surface area contributed by atoms with Crippen LogP contribution < -0.4 is 4.90 Å². The summed E-state index contributed by atoms with van der Waals surface area (Å²) in [4.78, 5) is 7.70. The van der Waals surface area contributed by atoms with E-state index >= 15 is 0 Å². The molecule has 0 spiro atoms. The van der Waals surface area contributed by atoms with Gasteiger partial charge in [0.2, 0.25) is 0 Å². The highest BCUT2D eigenvalue weighted by Gasteiger charge is 2.31. The maximum atomic E-state index is 12.4. The normalized spacial score (nSPS) is 27.2. The molecule has 26 heavy (non-hydrogen) atoms. The Balaban J connectivity index is 0.000000197. The van der Waals surface area contributed by atoms with Gasteiger partial charge < -0.3 is 20.2 Å². The van der Waals surface area contributed by atoms with Gasteiger partial charge in [-0.25, -0.2) is 4.98 Å². The van der Waals surface area contributed by atoms with E-state index in [2.05, 4.69) is 4.98 Å². The minimum Gasteiger partial charge on any atom is -0.395 e. The van der Waals surface area contributed by atoms with E-state index in [0.29, 0.717) is 18.8 Å². The smallest absolute Gasteiger partial charge is 0.395 e. The average molecular weight is 377 g/mol. The Labute approximate surface area is 150 Å². The molecule has 0 bridgehead atoms. The number of rotatable bonds is 2. The molecule has 1 unspecified atom stereocenters. The number of aliphatic hydroxyl groups excluding tert-OH is 3. The van der Waals surface area contributed by atoms with Crippen LogP contribution >= 0.6 is 0 Å². The summed E-state index contributed by atoms with van der Waals surface area (Å²) >= 11 is 0. The maximum Gasteiger partial charge on any atom is 0.416 e. The largest absolute Gasteiger partial charge is 0.416 e. The Morgan fingerprint density at radius 1 is 1.19 bits per heavy atom. The van der Waals surface area contributed by atoms with Gasteiger partial charge in [0.15, 0.2) is 0 Å². The third kappa shape index (κ3) is 5.54. The lowest BCUT2D eigenvalue weighted by atomic mass is 9.98. The van der Waals surface area contributed by atoms with E-state index in [1.54, 1.807) is 0 Å².